The van der Waals surface area contributed by atoms with Crippen LogP contribution in [0.4, 0.5) is 5.69 Å². The van der Waals surface area contributed by atoms with Crippen LogP contribution in [0.15, 0.2) is 42.7 Å². The van der Waals surface area contributed by atoms with Gasteiger partial charge in [0.25, 0.3) is 5.91 Å². The molecule has 0 bridgehead atoms. The lowest BCUT2D eigenvalue weighted by Crippen LogP contribution is -2.58. The maximum atomic E-state index is 13.1. The number of carbonyl (C=O) groups excluding carboxylic acids is 2. The lowest BCUT2D eigenvalue weighted by molar-refractivity contribution is -0.126. The summed E-state index contributed by atoms with van der Waals surface area (Å²) in [5.74, 6) is 0.0784. The van der Waals surface area contributed by atoms with Gasteiger partial charge in [-0.05, 0) is 31.9 Å². The van der Waals surface area contributed by atoms with Crippen LogP contribution in [-0.2, 0) is 4.79 Å². The van der Waals surface area contributed by atoms with Crippen LogP contribution in [0.1, 0.15) is 29.0 Å². The molecule has 146 valence electrons. The summed E-state index contributed by atoms with van der Waals surface area (Å²) < 4.78 is 0. The lowest BCUT2D eigenvalue weighted by Gasteiger charge is -2.42. The molecule has 0 spiro atoms. The van der Waals surface area contributed by atoms with E-state index in [1.165, 1.54) is 6.20 Å². The number of anilines is 1. The van der Waals surface area contributed by atoms with Gasteiger partial charge in [0.2, 0.25) is 5.91 Å². The smallest absolute Gasteiger partial charge is 0.274 e. The van der Waals surface area contributed by atoms with Crippen molar-refractivity contribution in [1.82, 2.24) is 19.8 Å². The van der Waals surface area contributed by atoms with Gasteiger partial charge < -0.3 is 9.80 Å². The van der Waals surface area contributed by atoms with Crippen molar-refractivity contribution in [3.05, 3.63) is 54.1 Å². The zero-order valence-electron chi connectivity index (χ0n) is 16.1. The van der Waals surface area contributed by atoms with Gasteiger partial charge in [-0.3, -0.25) is 19.5 Å². The Morgan fingerprint density at radius 2 is 1.75 bits per heavy atom. The minimum atomic E-state index is -0.106. The normalized spacial score (nSPS) is 21.0. The van der Waals surface area contributed by atoms with Crippen molar-refractivity contribution in [1.29, 1.82) is 0 Å². The summed E-state index contributed by atoms with van der Waals surface area (Å²) in [6.45, 7) is 5.21. The first-order valence-electron chi connectivity index (χ1n) is 9.82. The number of amides is 2. The predicted octanol–water partition coefficient (Wildman–Crippen LogP) is 1.74. The zero-order chi connectivity index (χ0) is 19.5. The number of nitrogens with zero attached hydrogens (tertiary/aromatic N) is 5. The number of aryl methyl sites for hydroxylation is 1. The van der Waals surface area contributed by atoms with Crippen LogP contribution >= 0.6 is 0 Å². The molecule has 0 aliphatic carbocycles. The fourth-order valence-corrected chi connectivity index (χ4v) is 3.96. The summed E-state index contributed by atoms with van der Waals surface area (Å²) in [5, 5.41) is 0. The number of piperazine rings is 1. The summed E-state index contributed by atoms with van der Waals surface area (Å²) in [6, 6.07) is 9.75. The van der Waals surface area contributed by atoms with Crippen LogP contribution < -0.4 is 4.90 Å². The Morgan fingerprint density at radius 1 is 1.00 bits per heavy atom. The molecular formula is C21H25N5O2. The summed E-state index contributed by atoms with van der Waals surface area (Å²) in [4.78, 5) is 40.0. The molecule has 2 aliphatic rings. The summed E-state index contributed by atoms with van der Waals surface area (Å²) in [7, 11) is 0. The Kier molecular flexibility index (Phi) is 5.34. The van der Waals surface area contributed by atoms with E-state index in [4.69, 9.17) is 0 Å². The number of hydrogen-bond acceptors (Lipinski definition) is 5. The number of piperidine rings is 1. The molecule has 7 heteroatoms. The lowest BCUT2D eigenvalue weighted by atomic mass is 10.0. The second kappa shape index (κ2) is 8.06. The van der Waals surface area contributed by atoms with Gasteiger partial charge >= 0.3 is 0 Å². The number of hydrogen-bond donors (Lipinski definition) is 0. The van der Waals surface area contributed by atoms with E-state index in [9.17, 15) is 9.59 Å². The molecule has 2 aliphatic heterocycles. The van der Waals surface area contributed by atoms with E-state index < -0.39 is 0 Å². The van der Waals surface area contributed by atoms with Crippen molar-refractivity contribution < 1.29 is 9.59 Å². The topological polar surface area (TPSA) is 69.6 Å². The minimum absolute atomic E-state index is 0.0898. The van der Waals surface area contributed by atoms with E-state index in [1.54, 1.807) is 11.1 Å². The predicted molar refractivity (Wildman–Crippen MR) is 106 cm³/mol. The van der Waals surface area contributed by atoms with E-state index in [1.807, 2.05) is 42.2 Å². The van der Waals surface area contributed by atoms with Crippen molar-refractivity contribution >= 4 is 17.5 Å². The molecular weight excluding hydrogens is 354 g/mol. The number of aromatic nitrogens is 2. The molecule has 7 nitrogen and oxygen atoms in total. The molecule has 1 atom stereocenters. The quantitative estimate of drug-likeness (QED) is 0.813. The van der Waals surface area contributed by atoms with Crippen molar-refractivity contribution in [2.24, 2.45) is 0 Å². The third-order valence-electron chi connectivity index (χ3n) is 5.52. The van der Waals surface area contributed by atoms with Gasteiger partial charge in [-0.25, -0.2) is 4.98 Å². The van der Waals surface area contributed by atoms with Gasteiger partial charge in [0.05, 0.1) is 17.9 Å². The largest absolute Gasteiger partial charge is 0.335 e. The monoisotopic (exact) mass is 379 g/mol. The Labute approximate surface area is 165 Å². The van der Waals surface area contributed by atoms with Crippen molar-refractivity contribution in [2.75, 3.05) is 37.6 Å². The molecule has 0 N–H and O–H groups in total. The van der Waals surface area contributed by atoms with E-state index in [0.29, 0.717) is 31.9 Å². The molecule has 0 radical (unpaired) electrons. The Bertz CT molecular complexity index is 832. The zero-order valence-corrected chi connectivity index (χ0v) is 16.1. The fourth-order valence-electron chi connectivity index (χ4n) is 3.96. The van der Waals surface area contributed by atoms with Gasteiger partial charge in [0, 0.05) is 44.6 Å². The second-order valence-electron chi connectivity index (χ2n) is 7.35. The van der Waals surface area contributed by atoms with E-state index in [2.05, 4.69) is 14.9 Å². The van der Waals surface area contributed by atoms with Crippen LogP contribution in [0.2, 0.25) is 0 Å². The Hall–Kier alpha value is -2.80. The van der Waals surface area contributed by atoms with Gasteiger partial charge in [-0.1, -0.05) is 18.2 Å². The second-order valence-corrected chi connectivity index (χ2v) is 7.35. The number of rotatable bonds is 3. The molecule has 3 heterocycles. The average Bonchev–Trinajstić information content (AvgIpc) is 2.75. The first-order chi connectivity index (χ1) is 13.6. The summed E-state index contributed by atoms with van der Waals surface area (Å²) >= 11 is 0. The Morgan fingerprint density at radius 3 is 2.43 bits per heavy atom. The standard InChI is InChI=1S/C21H25N5O2/c1-16-14-23-18(15-22-16)20(27)25-12-10-24(11-13-25)19-8-5-9-26(21(19)28)17-6-3-2-4-7-17/h2-4,6-7,14-15,19H,5,8-13H2,1H3. The van der Waals surface area contributed by atoms with Crippen LogP contribution in [0.3, 0.4) is 0 Å². The number of carbonyl (C=O) groups is 2. The molecule has 28 heavy (non-hydrogen) atoms. The van der Waals surface area contributed by atoms with E-state index in [-0.39, 0.29) is 17.9 Å². The maximum Gasteiger partial charge on any atom is 0.274 e. The molecule has 0 saturated carbocycles. The van der Waals surface area contributed by atoms with E-state index >= 15 is 0 Å². The van der Waals surface area contributed by atoms with E-state index in [0.717, 1.165) is 30.8 Å². The van der Waals surface area contributed by atoms with Gasteiger partial charge in [0.15, 0.2) is 0 Å². The molecule has 2 fully saturated rings. The van der Waals surface area contributed by atoms with Crippen molar-refractivity contribution in [3.8, 4) is 0 Å². The van der Waals surface area contributed by atoms with Crippen LogP contribution in [0.5, 0.6) is 0 Å². The summed E-state index contributed by atoms with van der Waals surface area (Å²) in [6.07, 6.45) is 5.01. The molecule has 1 aromatic carbocycles. The highest BCUT2D eigenvalue weighted by atomic mass is 16.2. The highest BCUT2D eigenvalue weighted by Gasteiger charge is 2.36. The average molecular weight is 379 g/mol. The fraction of sp³-hybridized carbons (Fsp3) is 0.429. The highest BCUT2D eigenvalue weighted by Crippen LogP contribution is 2.24. The SMILES string of the molecule is Cc1cnc(C(=O)N2CCN(C3CCCN(c4ccccc4)C3=O)CC2)cn1. The third kappa shape index (κ3) is 3.75. The van der Waals surface area contributed by atoms with Crippen LogP contribution in [-0.4, -0.2) is 70.3 Å². The first-order valence-corrected chi connectivity index (χ1v) is 9.82. The molecule has 4 rings (SSSR count). The summed E-state index contributed by atoms with van der Waals surface area (Å²) in [5.41, 5.74) is 2.13. The minimum Gasteiger partial charge on any atom is -0.335 e. The molecule has 1 aromatic heterocycles. The first kappa shape index (κ1) is 18.6. The van der Waals surface area contributed by atoms with Crippen LogP contribution in [0, 0.1) is 6.92 Å². The molecule has 2 amide bonds. The molecule has 2 saturated heterocycles. The Balaban J connectivity index is 1.38. The van der Waals surface area contributed by atoms with Crippen molar-refractivity contribution in [3.63, 3.8) is 0 Å². The van der Waals surface area contributed by atoms with Gasteiger partial charge in [0.1, 0.15) is 5.69 Å². The van der Waals surface area contributed by atoms with Gasteiger partial charge in [-0.15, -0.1) is 0 Å². The molecule has 1 unspecified atom stereocenters. The van der Waals surface area contributed by atoms with Crippen molar-refractivity contribution in [2.45, 2.75) is 25.8 Å². The number of para-hydroxylation sites is 1. The highest BCUT2D eigenvalue weighted by molar-refractivity contribution is 5.98. The third-order valence-corrected chi connectivity index (χ3v) is 5.52. The number of benzene rings is 1. The van der Waals surface area contributed by atoms with Gasteiger partial charge in [-0.2, -0.15) is 0 Å². The van der Waals surface area contributed by atoms with Crippen LogP contribution in [0.25, 0.3) is 0 Å². The molecule has 2 aromatic rings. The maximum absolute atomic E-state index is 13.1.